The highest BCUT2D eigenvalue weighted by Crippen LogP contribution is 2.57. The summed E-state index contributed by atoms with van der Waals surface area (Å²) in [7, 11) is 3.42. The van der Waals surface area contributed by atoms with E-state index in [0.717, 1.165) is 23.5 Å². The number of benzene rings is 4. The molecule has 6 aromatic rings. The summed E-state index contributed by atoms with van der Waals surface area (Å²) in [6.45, 7) is 3.90. The summed E-state index contributed by atoms with van der Waals surface area (Å²) in [6, 6.07) is 26.1. The Hall–Kier alpha value is -6.66. The quantitative estimate of drug-likeness (QED) is 0.137. The Morgan fingerprint density at radius 3 is 1.29 bits per heavy atom. The number of unbranched alkanes of at least 4 members (excludes halogenated alkanes) is 3. The molecule has 2 spiro atoms. The van der Waals surface area contributed by atoms with E-state index in [1.807, 2.05) is 12.1 Å². The van der Waals surface area contributed by atoms with Crippen molar-refractivity contribution in [3.05, 3.63) is 152 Å². The summed E-state index contributed by atoms with van der Waals surface area (Å²) in [4.78, 5) is 88.2. The molecule has 2 aromatic heterocycles. The molecule has 10 rings (SSSR count). The van der Waals surface area contributed by atoms with Gasteiger partial charge in [-0.1, -0.05) is 49.2 Å². The number of fused-ring (bicyclic) bond motifs is 4. The van der Waals surface area contributed by atoms with Crippen LogP contribution in [0, 0.1) is 25.5 Å². The molecule has 0 saturated carbocycles. The van der Waals surface area contributed by atoms with Crippen molar-refractivity contribution < 1.29 is 28.0 Å². The van der Waals surface area contributed by atoms with Crippen molar-refractivity contribution in [3.8, 4) is 11.4 Å². The molecule has 66 heavy (non-hydrogen) atoms. The zero-order chi connectivity index (χ0) is 46.4. The molecule has 0 N–H and O–H groups in total. The lowest BCUT2D eigenvalue weighted by Crippen LogP contribution is -2.51. The monoisotopic (exact) mass is 930 g/mol. The van der Waals surface area contributed by atoms with Crippen LogP contribution in [0.25, 0.3) is 11.4 Å². The Labute approximate surface area is 385 Å². The van der Waals surface area contributed by atoms with Crippen molar-refractivity contribution in [1.29, 1.82) is 0 Å². The van der Waals surface area contributed by atoms with Crippen LogP contribution in [0.4, 0.5) is 31.5 Å². The fourth-order valence-corrected chi connectivity index (χ4v) is 12.7. The summed E-state index contributed by atoms with van der Waals surface area (Å²) < 4.78 is 36.4. The zero-order valence-electron chi connectivity index (χ0n) is 36.5. The second-order valence-corrected chi connectivity index (χ2v) is 19.1. The van der Waals surface area contributed by atoms with Gasteiger partial charge >= 0.3 is 0 Å². The van der Waals surface area contributed by atoms with Crippen molar-refractivity contribution in [3.63, 3.8) is 0 Å². The first-order valence-electron chi connectivity index (χ1n) is 21.6. The molecule has 4 aliphatic rings. The van der Waals surface area contributed by atoms with Gasteiger partial charge in [-0.15, -0.1) is 23.5 Å². The van der Waals surface area contributed by atoms with Crippen LogP contribution in [-0.2, 0) is 43.0 Å². The minimum atomic E-state index is -1.70. The van der Waals surface area contributed by atoms with E-state index >= 15 is 8.78 Å². The molecule has 2 atom stereocenters. The Balaban J connectivity index is 0.876. The fraction of sp³-hybridized carbons (Fsp3) is 0.292. The molecule has 6 heterocycles. The lowest BCUT2D eigenvalue weighted by atomic mass is 10.0. The topological polar surface area (TPSA) is 135 Å². The molecule has 2 fully saturated rings. The molecule has 2 saturated heterocycles. The maximum absolute atomic E-state index is 15.1. The van der Waals surface area contributed by atoms with Gasteiger partial charge in [-0.05, 0) is 87.4 Å². The predicted octanol–water partition coefficient (Wildman–Crippen LogP) is 6.38. The molecule has 338 valence electrons. The van der Waals surface area contributed by atoms with E-state index in [1.54, 1.807) is 95.6 Å². The third-order valence-electron chi connectivity index (χ3n) is 13.2. The number of hydrogen-bond donors (Lipinski definition) is 0. The number of thioether (sulfide) groups is 2. The van der Waals surface area contributed by atoms with Crippen molar-refractivity contribution in [2.24, 2.45) is 14.1 Å². The lowest BCUT2D eigenvalue weighted by Gasteiger charge is -2.32. The SMILES string of the molecule is Cc1c(N2C(=O)CSC23C(=O)N(CCCCCCN2C(=O)C4(SCC(=O)N4c4c(C)n(C)n(-c5ccccc5)c4=O)c4cc(F)ccc42)c2ccc(F)cc23)c(=O)n(-c2ccccc2)n1C. The minimum Gasteiger partial charge on any atom is -0.309 e. The highest BCUT2D eigenvalue weighted by molar-refractivity contribution is 8.02. The molecule has 18 heteroatoms. The first-order chi connectivity index (χ1) is 31.7. The van der Waals surface area contributed by atoms with Crippen LogP contribution in [0.3, 0.4) is 0 Å². The normalized spacial score (nSPS) is 20.0. The van der Waals surface area contributed by atoms with Crippen LogP contribution >= 0.6 is 23.5 Å². The summed E-state index contributed by atoms with van der Waals surface area (Å²) >= 11 is 2.15. The number of carbonyl (C=O) groups is 4. The maximum atomic E-state index is 15.1. The molecule has 14 nitrogen and oxygen atoms in total. The second kappa shape index (κ2) is 16.0. The number of carbonyl (C=O) groups excluding carboxylic acids is 4. The van der Waals surface area contributed by atoms with Crippen LogP contribution < -0.4 is 30.7 Å². The summed E-state index contributed by atoms with van der Waals surface area (Å²) in [5.74, 6) is -3.11. The molecule has 0 bridgehead atoms. The van der Waals surface area contributed by atoms with Gasteiger partial charge in [-0.2, -0.15) is 0 Å². The third kappa shape index (κ3) is 6.13. The molecule has 0 radical (unpaired) electrons. The van der Waals surface area contributed by atoms with E-state index in [-0.39, 0.29) is 36.0 Å². The van der Waals surface area contributed by atoms with Crippen LogP contribution in [0.2, 0.25) is 0 Å². The van der Waals surface area contributed by atoms with Gasteiger partial charge in [-0.3, -0.25) is 47.9 Å². The smallest absolute Gasteiger partial charge is 0.295 e. The molecule has 4 aliphatic heterocycles. The summed E-state index contributed by atoms with van der Waals surface area (Å²) in [6.07, 6.45) is 2.27. The van der Waals surface area contributed by atoms with E-state index in [4.69, 9.17) is 0 Å². The number of aromatic nitrogens is 4. The molecule has 0 aliphatic carbocycles. The Bertz CT molecular complexity index is 2940. The number of anilines is 4. The average Bonchev–Trinajstić information content (AvgIpc) is 4.07. The van der Waals surface area contributed by atoms with Gasteiger partial charge < -0.3 is 9.80 Å². The molecule has 4 aromatic carbocycles. The van der Waals surface area contributed by atoms with Gasteiger partial charge in [-0.25, -0.2) is 18.1 Å². The van der Waals surface area contributed by atoms with Gasteiger partial charge in [0.25, 0.3) is 22.9 Å². The van der Waals surface area contributed by atoms with Crippen molar-refractivity contribution >= 4 is 69.9 Å². The number of halogens is 2. The molecular formula is C48H44F2N8O6S2. The average molecular weight is 931 g/mol. The summed E-state index contributed by atoms with van der Waals surface area (Å²) in [5, 5.41) is 0. The van der Waals surface area contributed by atoms with Gasteiger partial charge in [0.1, 0.15) is 23.0 Å². The van der Waals surface area contributed by atoms with Gasteiger partial charge in [0.2, 0.25) is 21.6 Å². The fourth-order valence-electron chi connectivity index (χ4n) is 10.0. The highest BCUT2D eigenvalue weighted by Gasteiger charge is 2.63. The third-order valence-corrected chi connectivity index (χ3v) is 16.0. The largest absolute Gasteiger partial charge is 0.309 e. The van der Waals surface area contributed by atoms with E-state index in [9.17, 15) is 28.8 Å². The molecule has 2 unspecified atom stereocenters. The van der Waals surface area contributed by atoms with E-state index in [2.05, 4.69) is 0 Å². The number of rotatable bonds is 11. The number of hydrogen-bond acceptors (Lipinski definition) is 8. The lowest BCUT2D eigenvalue weighted by molar-refractivity contribution is -0.123. The molecular weight excluding hydrogens is 887 g/mol. The maximum Gasteiger partial charge on any atom is 0.295 e. The van der Waals surface area contributed by atoms with Crippen molar-refractivity contribution in [1.82, 2.24) is 18.7 Å². The van der Waals surface area contributed by atoms with Gasteiger partial charge in [0, 0.05) is 38.3 Å². The van der Waals surface area contributed by atoms with Crippen LogP contribution in [-0.4, -0.2) is 67.0 Å². The Morgan fingerprint density at radius 1 is 0.530 bits per heavy atom. The highest BCUT2D eigenvalue weighted by atomic mass is 32.2. The standard InChI is InChI=1S/C48H44F2N8O6S2/c1-29-41(43(61)57(51(29)3)33-15-9-7-10-16-33)55-39(59)27-65-47(55)35-25-31(49)19-21-37(35)53(45(47)63)23-13-5-6-14-24-54-38-22-20-32(50)26-36(38)48(46(54)64)56(40(60)28-66-48)42-30(2)52(4)58(44(42)62)34-17-11-8-12-18-34/h7-12,15-22,25-26H,5-6,13-14,23-24,27-28H2,1-4H3. The number of para-hydroxylation sites is 2. The summed E-state index contributed by atoms with van der Waals surface area (Å²) in [5.41, 5.74) is 2.74. The van der Waals surface area contributed by atoms with Gasteiger partial charge in [0.05, 0.1) is 45.6 Å². The zero-order valence-corrected chi connectivity index (χ0v) is 38.1. The first kappa shape index (κ1) is 43.2. The predicted molar refractivity (Wildman–Crippen MR) is 251 cm³/mol. The van der Waals surface area contributed by atoms with E-state index < -0.39 is 56.1 Å². The minimum absolute atomic E-state index is 0.0519. The second-order valence-electron chi connectivity index (χ2n) is 16.8. The van der Waals surface area contributed by atoms with Gasteiger partial charge in [0.15, 0.2) is 0 Å². The van der Waals surface area contributed by atoms with Crippen LogP contribution in [0.5, 0.6) is 0 Å². The number of amides is 4. The first-order valence-corrected chi connectivity index (χ1v) is 23.6. The van der Waals surface area contributed by atoms with E-state index in [1.165, 1.54) is 55.6 Å². The van der Waals surface area contributed by atoms with E-state index in [0.29, 0.717) is 70.9 Å². The van der Waals surface area contributed by atoms with Crippen molar-refractivity contribution in [2.45, 2.75) is 49.3 Å². The Kier molecular flexibility index (Phi) is 10.5. The number of nitrogens with zero attached hydrogens (tertiary/aromatic N) is 8. The van der Waals surface area contributed by atoms with Crippen LogP contribution in [0.15, 0.2) is 107 Å². The van der Waals surface area contributed by atoms with Crippen molar-refractivity contribution in [2.75, 3.05) is 44.2 Å². The molecule has 4 amide bonds. The Morgan fingerprint density at radius 2 is 0.909 bits per heavy atom. The van der Waals surface area contributed by atoms with Crippen LogP contribution in [0.1, 0.15) is 48.2 Å².